The fourth-order valence-corrected chi connectivity index (χ4v) is 6.96. The largest absolute Gasteiger partial charge is 0.416 e. The molecule has 2 heterocycles. The third-order valence-electron chi connectivity index (χ3n) is 9.53. The zero-order valence-corrected chi connectivity index (χ0v) is 31.6. The highest BCUT2D eigenvalue weighted by Gasteiger charge is 2.37. The molecule has 1 aromatic rings. The first-order chi connectivity index (χ1) is 24.3. The van der Waals surface area contributed by atoms with Gasteiger partial charge in [-0.25, -0.2) is 5.12 Å². The fourth-order valence-electron chi connectivity index (χ4n) is 6.96. The van der Waals surface area contributed by atoms with Crippen molar-refractivity contribution in [3.05, 3.63) is 52.1 Å². The van der Waals surface area contributed by atoms with Crippen molar-refractivity contribution >= 4 is 5.69 Å². The summed E-state index contributed by atoms with van der Waals surface area (Å²) < 4.78 is 116. The highest BCUT2D eigenvalue weighted by Crippen LogP contribution is 2.39. The SMILES string of the molecule is C/C(=C\CC(F)(F)F)CN(C1CCCN(CC2CCCCCC2)c2cc(C(F)(F)F)c(C)cc2C1)C1N=NN(C)N1.C/C=C(\CC)C(F)(F)F.CC. The van der Waals surface area contributed by atoms with Crippen LogP contribution in [0.5, 0.6) is 0 Å². The number of halogens is 9. The minimum absolute atomic E-state index is 0.0556. The predicted molar refractivity (Wildman–Crippen MR) is 188 cm³/mol. The number of alkyl halides is 9. The summed E-state index contributed by atoms with van der Waals surface area (Å²) in [5, 5.41) is 9.76. The molecule has 3 aliphatic rings. The maximum Gasteiger partial charge on any atom is 0.416 e. The number of allylic oxidation sites excluding steroid dienone is 3. The molecular formula is C37H57F9N6. The zero-order chi connectivity index (χ0) is 39.3. The van der Waals surface area contributed by atoms with Gasteiger partial charge in [0.15, 0.2) is 6.29 Å². The lowest BCUT2D eigenvalue weighted by atomic mass is 9.91. The van der Waals surface area contributed by atoms with E-state index in [0.717, 1.165) is 56.7 Å². The van der Waals surface area contributed by atoms with Crippen LogP contribution in [0, 0.1) is 12.8 Å². The smallest absolute Gasteiger partial charge is 0.371 e. The van der Waals surface area contributed by atoms with Crippen LogP contribution in [0.25, 0.3) is 0 Å². The van der Waals surface area contributed by atoms with Gasteiger partial charge in [0.2, 0.25) is 0 Å². The van der Waals surface area contributed by atoms with E-state index in [0.29, 0.717) is 30.1 Å². The predicted octanol–water partition coefficient (Wildman–Crippen LogP) is 11.7. The molecule has 1 aliphatic carbocycles. The van der Waals surface area contributed by atoms with Crippen LogP contribution in [0.3, 0.4) is 0 Å². The van der Waals surface area contributed by atoms with Gasteiger partial charge in [-0.1, -0.05) is 75.5 Å². The van der Waals surface area contributed by atoms with Crippen molar-refractivity contribution in [2.75, 3.05) is 31.6 Å². The molecule has 6 nitrogen and oxygen atoms in total. The third kappa shape index (κ3) is 14.5. The fraction of sp³-hybridized carbons (Fsp3) is 0.730. The number of hydrogen-bond acceptors (Lipinski definition) is 6. The van der Waals surface area contributed by atoms with Crippen LogP contribution in [-0.4, -0.2) is 61.4 Å². The van der Waals surface area contributed by atoms with Crippen LogP contribution >= 0.6 is 0 Å². The Hall–Kier alpha value is -2.81. The van der Waals surface area contributed by atoms with E-state index < -0.39 is 42.4 Å². The Morgan fingerprint density at radius 2 is 1.60 bits per heavy atom. The van der Waals surface area contributed by atoms with Gasteiger partial charge in [-0.2, -0.15) is 44.9 Å². The summed E-state index contributed by atoms with van der Waals surface area (Å²) in [5.41, 5.74) is 4.23. The molecule has 298 valence electrons. The number of nitrogens with zero attached hydrogens (tertiary/aromatic N) is 5. The second kappa shape index (κ2) is 20.6. The van der Waals surface area contributed by atoms with E-state index in [9.17, 15) is 39.5 Å². The van der Waals surface area contributed by atoms with Gasteiger partial charge >= 0.3 is 18.5 Å². The molecule has 4 rings (SSSR count). The maximum atomic E-state index is 14.0. The quantitative estimate of drug-likeness (QED) is 0.163. The van der Waals surface area contributed by atoms with Gasteiger partial charge in [-0.3, -0.25) is 4.90 Å². The highest BCUT2D eigenvalue weighted by atomic mass is 19.4. The average Bonchev–Trinajstić information content (AvgIpc) is 3.31. The van der Waals surface area contributed by atoms with E-state index >= 15 is 0 Å². The molecule has 0 saturated heterocycles. The summed E-state index contributed by atoms with van der Waals surface area (Å²) >= 11 is 0. The minimum atomic E-state index is -4.46. The molecule has 1 saturated carbocycles. The number of hydrogen-bond donors (Lipinski definition) is 1. The average molecular weight is 757 g/mol. The summed E-state index contributed by atoms with van der Waals surface area (Å²) in [4.78, 5) is 4.16. The van der Waals surface area contributed by atoms with E-state index in [1.54, 1.807) is 20.0 Å². The number of benzene rings is 1. The van der Waals surface area contributed by atoms with E-state index in [-0.39, 0.29) is 24.6 Å². The first kappa shape index (κ1) is 45.3. The van der Waals surface area contributed by atoms with Gasteiger partial charge in [-0.15, -0.1) is 5.11 Å². The van der Waals surface area contributed by atoms with Gasteiger partial charge in [0.1, 0.15) is 0 Å². The Kier molecular flexibility index (Phi) is 18.0. The van der Waals surface area contributed by atoms with E-state index in [4.69, 9.17) is 0 Å². The molecule has 0 amide bonds. The summed E-state index contributed by atoms with van der Waals surface area (Å²) in [6, 6.07) is 2.82. The van der Waals surface area contributed by atoms with Crippen molar-refractivity contribution in [3.8, 4) is 0 Å². The molecule has 0 spiro atoms. The molecule has 52 heavy (non-hydrogen) atoms. The molecule has 2 unspecified atom stereocenters. The Morgan fingerprint density at radius 1 is 0.962 bits per heavy atom. The maximum absolute atomic E-state index is 14.0. The molecule has 1 N–H and O–H groups in total. The van der Waals surface area contributed by atoms with E-state index in [2.05, 4.69) is 20.7 Å². The lowest BCUT2D eigenvalue weighted by Crippen LogP contribution is -2.52. The summed E-state index contributed by atoms with van der Waals surface area (Å²) in [6.07, 6.45) is -3.30. The van der Waals surface area contributed by atoms with Crippen molar-refractivity contribution in [1.29, 1.82) is 0 Å². The molecule has 15 heteroatoms. The van der Waals surface area contributed by atoms with Crippen LogP contribution < -0.4 is 10.3 Å². The number of aryl methyl sites for hydroxylation is 1. The van der Waals surface area contributed by atoms with Gasteiger partial charge in [0, 0.05) is 44.0 Å². The molecule has 1 fully saturated rings. The first-order valence-electron chi connectivity index (χ1n) is 18.4. The summed E-state index contributed by atoms with van der Waals surface area (Å²) in [5.74, 6) is 0.452. The second-order valence-corrected chi connectivity index (χ2v) is 13.5. The number of hydrazine groups is 1. The summed E-state index contributed by atoms with van der Waals surface area (Å²) in [7, 11) is 1.69. The van der Waals surface area contributed by atoms with Gasteiger partial charge in [0.05, 0.1) is 12.0 Å². The van der Waals surface area contributed by atoms with Crippen molar-refractivity contribution in [2.24, 2.45) is 16.3 Å². The zero-order valence-electron chi connectivity index (χ0n) is 31.6. The number of nitrogens with one attached hydrogen (secondary N) is 1. The van der Waals surface area contributed by atoms with Crippen LogP contribution in [0.4, 0.5) is 45.2 Å². The highest BCUT2D eigenvalue weighted by molar-refractivity contribution is 5.59. The molecule has 0 aromatic heterocycles. The number of anilines is 1. The Morgan fingerprint density at radius 3 is 2.08 bits per heavy atom. The van der Waals surface area contributed by atoms with Gasteiger partial charge in [0.25, 0.3) is 0 Å². The number of fused-ring (bicyclic) bond motifs is 1. The number of rotatable bonds is 8. The lowest BCUT2D eigenvalue weighted by molar-refractivity contribution is -0.138. The summed E-state index contributed by atoms with van der Waals surface area (Å²) in [6.45, 7) is 11.6. The molecule has 1 aromatic carbocycles. The van der Waals surface area contributed by atoms with E-state index in [1.165, 1.54) is 50.9 Å². The van der Waals surface area contributed by atoms with Crippen molar-refractivity contribution in [1.82, 2.24) is 15.4 Å². The molecular weight excluding hydrogens is 699 g/mol. The topological polar surface area (TPSA) is 46.5 Å². The van der Waals surface area contributed by atoms with Crippen LogP contribution in [0.1, 0.15) is 116 Å². The Labute approximate surface area is 303 Å². The van der Waals surface area contributed by atoms with Gasteiger partial charge in [-0.05, 0) is 82.4 Å². The Bertz CT molecular complexity index is 1310. The van der Waals surface area contributed by atoms with Crippen molar-refractivity contribution < 1.29 is 39.5 Å². The minimum Gasteiger partial charge on any atom is -0.371 e. The molecule has 2 aliphatic heterocycles. The van der Waals surface area contributed by atoms with Crippen molar-refractivity contribution in [3.63, 3.8) is 0 Å². The first-order valence-corrected chi connectivity index (χ1v) is 18.4. The second-order valence-electron chi connectivity index (χ2n) is 13.5. The van der Waals surface area contributed by atoms with Crippen LogP contribution in [0.15, 0.2) is 45.8 Å². The monoisotopic (exact) mass is 756 g/mol. The standard InChI is InChI=1S/C29H42F6N6.C6H9F3.C2H6/c1-20(12-13-28(30,31)32)18-41(27-36-38-39(3)37-27)24-11-8-14-40(19-22-9-6-4-5-7-10-22)26-17-25(29(33,34)35)21(2)15-23(26)16-24;1-3-5(4-2)6(7,8)9;1-2/h12,15,17,22,24,27,37H,4-11,13-14,16,18-19H2,1-3H3;3H,4H2,1-2H3;1-2H3/b20-12+;5-3+;. The third-order valence-corrected chi connectivity index (χ3v) is 9.53. The lowest BCUT2D eigenvalue weighted by Gasteiger charge is -2.39. The molecule has 2 atom stereocenters. The normalized spacial score (nSPS) is 21.1. The van der Waals surface area contributed by atoms with Crippen molar-refractivity contribution in [2.45, 2.75) is 143 Å². The molecule has 0 bridgehead atoms. The Balaban J connectivity index is 0.000000743. The molecule has 0 radical (unpaired) electrons. The van der Waals surface area contributed by atoms with Crippen LogP contribution in [0.2, 0.25) is 0 Å². The van der Waals surface area contributed by atoms with E-state index in [1.807, 2.05) is 18.7 Å². The van der Waals surface area contributed by atoms with Gasteiger partial charge < -0.3 is 4.90 Å². The van der Waals surface area contributed by atoms with Crippen LogP contribution in [-0.2, 0) is 12.6 Å².